The Morgan fingerprint density at radius 1 is 0.914 bits per heavy atom. The predicted octanol–water partition coefficient (Wildman–Crippen LogP) is 6.06. The van der Waals surface area contributed by atoms with E-state index in [9.17, 15) is 13.2 Å². The minimum atomic E-state index is -3.49. The summed E-state index contributed by atoms with van der Waals surface area (Å²) in [4.78, 5) is 12.8. The summed E-state index contributed by atoms with van der Waals surface area (Å²) in [5, 5.41) is 3.05. The molecule has 3 aromatic rings. The SMILES string of the molecule is Cc1cccc(C)c1N(Cc1ccc(C(=O)NC(C)c2ccc(C(C)(C)C)cc2)cc1)S(C)(=O)=O. The molecule has 3 aromatic carbocycles. The molecule has 0 radical (unpaired) electrons. The third-order valence-corrected chi connectivity index (χ3v) is 7.37. The molecule has 0 aliphatic carbocycles. The second-order valence-electron chi connectivity index (χ2n) is 10.3. The van der Waals surface area contributed by atoms with E-state index in [1.807, 2.05) is 51.1 Å². The average Bonchev–Trinajstić information content (AvgIpc) is 2.77. The van der Waals surface area contributed by atoms with Gasteiger partial charge in [0.15, 0.2) is 0 Å². The molecular formula is C29H36N2O3S. The number of benzene rings is 3. The maximum absolute atomic E-state index is 12.8. The van der Waals surface area contributed by atoms with Crippen molar-refractivity contribution in [3.8, 4) is 0 Å². The molecule has 1 amide bonds. The maximum Gasteiger partial charge on any atom is 0.251 e. The summed E-state index contributed by atoms with van der Waals surface area (Å²) in [5.74, 6) is -0.168. The molecule has 0 saturated carbocycles. The molecule has 186 valence electrons. The highest BCUT2D eigenvalue weighted by atomic mass is 32.2. The Balaban J connectivity index is 1.73. The largest absolute Gasteiger partial charge is 0.346 e. The molecule has 1 atom stereocenters. The molecule has 35 heavy (non-hydrogen) atoms. The Kier molecular flexibility index (Phi) is 7.75. The van der Waals surface area contributed by atoms with Crippen LogP contribution in [0.3, 0.4) is 0 Å². The summed E-state index contributed by atoms with van der Waals surface area (Å²) in [7, 11) is -3.49. The highest BCUT2D eigenvalue weighted by Crippen LogP contribution is 2.29. The molecule has 0 fully saturated rings. The standard InChI is InChI=1S/C29H36N2O3S/c1-20-9-8-10-21(2)27(20)31(35(7,33)34)19-23-11-13-25(14-12-23)28(32)30-22(3)24-15-17-26(18-16-24)29(4,5)6/h8-18,22H,19H2,1-7H3,(H,30,32). The summed E-state index contributed by atoms with van der Waals surface area (Å²) in [5.41, 5.74) is 6.21. The van der Waals surface area contributed by atoms with Crippen LogP contribution in [0.4, 0.5) is 5.69 Å². The fraction of sp³-hybridized carbons (Fsp3) is 0.345. The van der Waals surface area contributed by atoms with E-state index in [0.717, 1.165) is 22.3 Å². The van der Waals surface area contributed by atoms with Crippen LogP contribution in [-0.4, -0.2) is 20.6 Å². The number of carbonyl (C=O) groups is 1. The Hall–Kier alpha value is -3.12. The molecule has 0 bridgehead atoms. The first-order chi connectivity index (χ1) is 16.3. The summed E-state index contributed by atoms with van der Waals surface area (Å²) in [6.45, 7) is 12.5. The zero-order valence-electron chi connectivity index (χ0n) is 21.7. The predicted molar refractivity (Wildman–Crippen MR) is 144 cm³/mol. The third kappa shape index (κ3) is 6.51. The average molecular weight is 493 g/mol. The van der Waals surface area contributed by atoms with Gasteiger partial charge >= 0.3 is 0 Å². The number of hydrogen-bond donors (Lipinski definition) is 1. The smallest absolute Gasteiger partial charge is 0.251 e. The minimum Gasteiger partial charge on any atom is -0.346 e. The van der Waals surface area contributed by atoms with Gasteiger partial charge in [-0.05, 0) is 66.1 Å². The van der Waals surface area contributed by atoms with E-state index in [2.05, 4.69) is 50.4 Å². The van der Waals surface area contributed by atoms with Crippen LogP contribution in [0.2, 0.25) is 0 Å². The van der Waals surface area contributed by atoms with Crippen LogP contribution in [0.1, 0.15) is 71.9 Å². The van der Waals surface area contributed by atoms with Crippen molar-refractivity contribution in [3.63, 3.8) is 0 Å². The number of nitrogens with zero attached hydrogens (tertiary/aromatic N) is 1. The topological polar surface area (TPSA) is 66.5 Å². The van der Waals surface area contributed by atoms with Crippen molar-refractivity contribution in [2.75, 3.05) is 10.6 Å². The van der Waals surface area contributed by atoms with Gasteiger partial charge in [-0.2, -0.15) is 0 Å². The van der Waals surface area contributed by atoms with E-state index in [4.69, 9.17) is 0 Å². The molecule has 0 aromatic heterocycles. The van der Waals surface area contributed by atoms with Gasteiger partial charge in [0, 0.05) is 5.56 Å². The van der Waals surface area contributed by atoms with Gasteiger partial charge < -0.3 is 5.32 Å². The number of sulfonamides is 1. The molecule has 0 aliphatic heterocycles. The first-order valence-electron chi connectivity index (χ1n) is 11.8. The lowest BCUT2D eigenvalue weighted by atomic mass is 9.86. The van der Waals surface area contributed by atoms with Crippen LogP contribution >= 0.6 is 0 Å². The van der Waals surface area contributed by atoms with Gasteiger partial charge in [-0.1, -0.05) is 75.4 Å². The van der Waals surface area contributed by atoms with Crippen molar-refractivity contribution < 1.29 is 13.2 Å². The van der Waals surface area contributed by atoms with Gasteiger partial charge in [0.05, 0.1) is 24.5 Å². The number of carbonyl (C=O) groups excluding carboxylic acids is 1. The van der Waals surface area contributed by atoms with Crippen LogP contribution in [0.25, 0.3) is 0 Å². The van der Waals surface area contributed by atoms with E-state index in [-0.39, 0.29) is 23.9 Å². The Morgan fingerprint density at radius 3 is 1.94 bits per heavy atom. The molecule has 0 saturated heterocycles. The van der Waals surface area contributed by atoms with E-state index in [0.29, 0.717) is 11.3 Å². The molecule has 0 spiro atoms. The van der Waals surface area contributed by atoms with E-state index in [1.54, 1.807) is 12.1 Å². The first kappa shape index (κ1) is 26.5. The number of aryl methyl sites for hydroxylation is 2. The van der Waals surface area contributed by atoms with Crippen molar-refractivity contribution >= 4 is 21.6 Å². The Morgan fingerprint density at radius 2 is 1.46 bits per heavy atom. The number of nitrogens with one attached hydrogen (secondary N) is 1. The third-order valence-electron chi connectivity index (χ3n) is 6.26. The summed E-state index contributed by atoms with van der Waals surface area (Å²) in [6, 6.07) is 21.0. The lowest BCUT2D eigenvalue weighted by Gasteiger charge is -2.26. The van der Waals surface area contributed by atoms with E-state index < -0.39 is 10.0 Å². The van der Waals surface area contributed by atoms with Crippen LogP contribution in [-0.2, 0) is 22.0 Å². The van der Waals surface area contributed by atoms with Gasteiger partial charge in [-0.15, -0.1) is 0 Å². The van der Waals surface area contributed by atoms with Crippen molar-refractivity contribution in [1.82, 2.24) is 5.32 Å². The molecule has 1 N–H and O–H groups in total. The van der Waals surface area contributed by atoms with Gasteiger partial charge in [0.1, 0.15) is 0 Å². The quantitative estimate of drug-likeness (QED) is 0.436. The first-order valence-corrected chi connectivity index (χ1v) is 13.7. The minimum absolute atomic E-state index is 0.0807. The van der Waals surface area contributed by atoms with E-state index >= 15 is 0 Å². The summed E-state index contributed by atoms with van der Waals surface area (Å²) >= 11 is 0. The van der Waals surface area contributed by atoms with Crippen molar-refractivity contribution in [3.05, 3.63) is 100 Å². The highest BCUT2D eigenvalue weighted by Gasteiger charge is 2.22. The maximum atomic E-state index is 12.8. The fourth-order valence-corrected chi connectivity index (χ4v) is 5.13. The molecule has 3 rings (SSSR count). The van der Waals surface area contributed by atoms with Crippen LogP contribution in [0, 0.1) is 13.8 Å². The fourth-order valence-electron chi connectivity index (χ4n) is 4.12. The van der Waals surface area contributed by atoms with Gasteiger partial charge in [0.25, 0.3) is 5.91 Å². The Labute approximate surface area is 210 Å². The van der Waals surface area contributed by atoms with Gasteiger partial charge in [-0.25, -0.2) is 8.42 Å². The normalized spacial score (nSPS) is 12.8. The number of para-hydroxylation sites is 1. The van der Waals surface area contributed by atoms with Gasteiger partial charge in [-0.3, -0.25) is 9.10 Å². The van der Waals surface area contributed by atoms with Crippen LogP contribution in [0.15, 0.2) is 66.7 Å². The summed E-state index contributed by atoms with van der Waals surface area (Å²) < 4.78 is 26.6. The molecule has 6 heteroatoms. The van der Waals surface area contributed by atoms with Crippen LogP contribution < -0.4 is 9.62 Å². The second kappa shape index (κ2) is 10.2. The van der Waals surface area contributed by atoms with Crippen molar-refractivity contribution in [2.45, 2.75) is 59.5 Å². The number of anilines is 1. The van der Waals surface area contributed by atoms with Gasteiger partial charge in [0.2, 0.25) is 10.0 Å². The summed E-state index contributed by atoms with van der Waals surface area (Å²) in [6.07, 6.45) is 1.22. The highest BCUT2D eigenvalue weighted by molar-refractivity contribution is 7.92. The van der Waals surface area contributed by atoms with Crippen molar-refractivity contribution in [1.29, 1.82) is 0 Å². The molecule has 0 aliphatic rings. The zero-order chi connectivity index (χ0) is 26.0. The van der Waals surface area contributed by atoms with E-state index in [1.165, 1.54) is 16.1 Å². The lowest BCUT2D eigenvalue weighted by molar-refractivity contribution is 0.0940. The number of rotatable bonds is 7. The number of amides is 1. The van der Waals surface area contributed by atoms with Crippen LogP contribution in [0.5, 0.6) is 0 Å². The monoisotopic (exact) mass is 492 g/mol. The Bertz CT molecular complexity index is 1270. The second-order valence-corrected chi connectivity index (χ2v) is 12.2. The molecule has 5 nitrogen and oxygen atoms in total. The molecule has 0 heterocycles. The van der Waals surface area contributed by atoms with Crippen molar-refractivity contribution in [2.24, 2.45) is 0 Å². The number of hydrogen-bond acceptors (Lipinski definition) is 3. The zero-order valence-corrected chi connectivity index (χ0v) is 22.5. The molecule has 1 unspecified atom stereocenters. The molecular weight excluding hydrogens is 456 g/mol. The lowest BCUT2D eigenvalue weighted by Crippen LogP contribution is -2.30.